The molecule has 0 amide bonds. The number of carbonyl (C=O) groups is 2. The number of β-amino-alcohol motifs (C(OH)–C–C–N with tert-alkyl or cyclic N) is 1. The predicted octanol–water partition coefficient (Wildman–Crippen LogP) is 18.0. The van der Waals surface area contributed by atoms with Gasteiger partial charge < -0.3 is 38.4 Å². The van der Waals surface area contributed by atoms with Crippen molar-refractivity contribution in [2.24, 2.45) is 11.8 Å². The third kappa shape index (κ3) is 49.5. The number of hydrogen-bond donors (Lipinski definition) is 1. The highest BCUT2D eigenvalue weighted by Crippen LogP contribution is 2.30. The van der Waals surface area contributed by atoms with Crippen LogP contribution in [0.3, 0.4) is 0 Å². The zero-order chi connectivity index (χ0) is 54.2. The highest BCUT2D eigenvalue weighted by atomic mass is 16.7. The molecule has 10 heteroatoms. The summed E-state index contributed by atoms with van der Waals surface area (Å²) in [7, 11) is 0. The number of carbonyl (C=O) groups excluding carboxylic acids is 2. The number of esters is 2. The van der Waals surface area contributed by atoms with Crippen molar-refractivity contribution in [1.29, 1.82) is 0 Å². The van der Waals surface area contributed by atoms with E-state index in [4.69, 9.17) is 28.4 Å². The summed E-state index contributed by atoms with van der Waals surface area (Å²) >= 11 is 0. The van der Waals surface area contributed by atoms with Crippen molar-refractivity contribution in [2.75, 3.05) is 65.9 Å². The molecular formula is C65H127NO9. The minimum atomic E-state index is -0.320. The quantitative estimate of drug-likeness (QED) is 0.0359. The highest BCUT2D eigenvalue weighted by Gasteiger charge is 2.26. The Balaban J connectivity index is 2.25. The number of unbranched alkanes of at least 4 members (excludes halogenated alkanes) is 32. The molecule has 2 unspecified atom stereocenters. The van der Waals surface area contributed by atoms with Crippen molar-refractivity contribution < 1.29 is 43.1 Å². The van der Waals surface area contributed by atoms with Gasteiger partial charge in [-0.2, -0.15) is 0 Å². The van der Waals surface area contributed by atoms with Gasteiger partial charge in [-0.05, 0) is 69.6 Å². The van der Waals surface area contributed by atoms with Crippen LogP contribution in [0.4, 0.5) is 0 Å². The van der Waals surface area contributed by atoms with E-state index in [1.807, 2.05) is 0 Å². The molecule has 10 nitrogen and oxygen atoms in total. The van der Waals surface area contributed by atoms with Crippen LogP contribution in [-0.2, 0) is 38.0 Å². The second kappa shape index (κ2) is 57.4. The summed E-state index contributed by atoms with van der Waals surface area (Å²) in [5, 5.41) is 9.77. The van der Waals surface area contributed by atoms with Crippen molar-refractivity contribution in [1.82, 2.24) is 4.90 Å². The Morgan fingerprint density at radius 2 is 0.653 bits per heavy atom. The lowest BCUT2D eigenvalue weighted by atomic mass is 9.83. The average molecular weight is 1070 g/mol. The van der Waals surface area contributed by atoms with Crippen LogP contribution in [0.15, 0.2) is 0 Å². The van der Waals surface area contributed by atoms with Gasteiger partial charge in [-0.3, -0.25) is 9.59 Å². The van der Waals surface area contributed by atoms with Gasteiger partial charge in [0, 0.05) is 58.9 Å². The maximum absolute atomic E-state index is 12.7. The van der Waals surface area contributed by atoms with Gasteiger partial charge in [-0.25, -0.2) is 0 Å². The molecule has 1 N–H and O–H groups in total. The Hall–Kier alpha value is -1.30. The Morgan fingerprint density at radius 1 is 0.387 bits per heavy atom. The van der Waals surface area contributed by atoms with Crippen molar-refractivity contribution in [3.63, 3.8) is 0 Å². The molecule has 0 aromatic carbocycles. The molecule has 1 fully saturated rings. The third-order valence-electron chi connectivity index (χ3n) is 15.5. The Kier molecular flexibility index (Phi) is 54.9. The number of hydrogen-bond acceptors (Lipinski definition) is 10. The Morgan fingerprint density at radius 3 is 0.947 bits per heavy atom. The molecule has 0 spiro atoms. The summed E-state index contributed by atoms with van der Waals surface area (Å²) in [6.07, 6.45) is 51.4. The zero-order valence-electron chi connectivity index (χ0n) is 50.4. The second-order valence-corrected chi connectivity index (χ2v) is 22.9. The molecule has 1 heterocycles. The maximum atomic E-state index is 12.7. The van der Waals surface area contributed by atoms with Crippen LogP contribution < -0.4 is 0 Å². The number of aliphatic hydroxyl groups excluding tert-OH is 1. The van der Waals surface area contributed by atoms with Gasteiger partial charge in [0.15, 0.2) is 12.6 Å². The average Bonchev–Trinajstić information content (AvgIpc) is 3.41. The van der Waals surface area contributed by atoms with Crippen LogP contribution in [0.2, 0.25) is 0 Å². The minimum absolute atomic E-state index is 0.133. The molecule has 0 aromatic heterocycles. The molecule has 446 valence electrons. The number of rotatable bonds is 60. The second-order valence-electron chi connectivity index (χ2n) is 22.9. The lowest BCUT2D eigenvalue weighted by Crippen LogP contribution is -2.41. The fraction of sp³-hybridized carbons (Fsp3) is 0.969. The van der Waals surface area contributed by atoms with Gasteiger partial charge in [-0.1, -0.05) is 233 Å². The molecule has 0 bridgehead atoms. The van der Waals surface area contributed by atoms with Gasteiger partial charge in [0.25, 0.3) is 0 Å². The summed E-state index contributed by atoms with van der Waals surface area (Å²) in [6, 6.07) is 0. The molecule has 0 aliphatic carbocycles. The summed E-state index contributed by atoms with van der Waals surface area (Å²) < 4.78 is 35.9. The first-order valence-electron chi connectivity index (χ1n) is 33.1. The zero-order valence-corrected chi connectivity index (χ0v) is 50.4. The van der Waals surface area contributed by atoms with E-state index in [0.29, 0.717) is 77.2 Å². The number of nitrogens with zero attached hydrogens (tertiary/aromatic N) is 1. The van der Waals surface area contributed by atoms with Gasteiger partial charge in [-0.15, -0.1) is 0 Å². The highest BCUT2D eigenvalue weighted by molar-refractivity contribution is 5.69. The minimum Gasteiger partial charge on any atom is -0.466 e. The summed E-state index contributed by atoms with van der Waals surface area (Å²) in [5.41, 5.74) is 0. The van der Waals surface area contributed by atoms with E-state index in [0.717, 1.165) is 71.0 Å². The van der Waals surface area contributed by atoms with E-state index >= 15 is 0 Å². The topological polar surface area (TPSA) is 113 Å². The fourth-order valence-corrected chi connectivity index (χ4v) is 10.8. The van der Waals surface area contributed by atoms with Crippen molar-refractivity contribution in [3.8, 4) is 0 Å². The molecule has 0 saturated carbocycles. The van der Waals surface area contributed by atoms with E-state index in [-0.39, 0.29) is 31.1 Å². The summed E-state index contributed by atoms with van der Waals surface area (Å²) in [4.78, 5) is 27.9. The van der Waals surface area contributed by atoms with E-state index in [2.05, 4.69) is 32.6 Å². The molecule has 2 atom stereocenters. The van der Waals surface area contributed by atoms with Crippen LogP contribution in [0.1, 0.15) is 317 Å². The first kappa shape index (κ1) is 71.7. The molecule has 1 aliphatic heterocycles. The smallest absolute Gasteiger partial charge is 0.305 e. The normalized spacial score (nSPS) is 15.2. The monoisotopic (exact) mass is 1070 g/mol. The first-order valence-corrected chi connectivity index (χ1v) is 33.1. The van der Waals surface area contributed by atoms with Crippen LogP contribution in [0.5, 0.6) is 0 Å². The lowest BCUT2D eigenvalue weighted by Gasteiger charge is -2.38. The Bertz CT molecular complexity index is 1050. The van der Waals surface area contributed by atoms with Crippen LogP contribution in [0, 0.1) is 11.8 Å². The molecular weight excluding hydrogens is 939 g/mol. The SMILES string of the molecule is CCCCCCCCCOC(CCC(=O)OCCCCCCCC1CC(CCCCCCCOC(=O)CCC(OCCCCCCCCC)OCCCCCCCCC)CN(CCO)C1)OCCCCCCCCC. The van der Waals surface area contributed by atoms with Gasteiger partial charge in [0.1, 0.15) is 0 Å². The number of likely N-dealkylation sites (tertiary alicyclic amines) is 1. The molecule has 1 rings (SSSR count). The number of ether oxygens (including phenoxy) is 6. The van der Waals surface area contributed by atoms with Crippen LogP contribution in [0.25, 0.3) is 0 Å². The molecule has 75 heavy (non-hydrogen) atoms. The first-order chi connectivity index (χ1) is 36.9. The molecule has 1 aliphatic rings. The van der Waals surface area contributed by atoms with Crippen molar-refractivity contribution in [2.45, 2.75) is 329 Å². The Labute approximate surface area is 465 Å². The van der Waals surface area contributed by atoms with E-state index < -0.39 is 0 Å². The summed E-state index contributed by atoms with van der Waals surface area (Å²) in [5.74, 6) is 1.15. The maximum Gasteiger partial charge on any atom is 0.305 e. The van der Waals surface area contributed by atoms with E-state index in [1.54, 1.807) is 0 Å². The number of aliphatic hydroxyl groups is 1. The van der Waals surface area contributed by atoms with Crippen LogP contribution in [-0.4, -0.2) is 100 Å². The van der Waals surface area contributed by atoms with Gasteiger partial charge >= 0.3 is 11.9 Å². The van der Waals surface area contributed by atoms with Crippen molar-refractivity contribution >= 4 is 11.9 Å². The molecule has 1 saturated heterocycles. The summed E-state index contributed by atoms with van der Waals surface area (Å²) in [6.45, 7) is 16.1. The standard InChI is InChI=1S/C65H127NO9/c1-5-9-13-17-21-29-39-53-72-64(73-54-40-30-22-18-14-10-6-2)47-45-62(68)70-51-37-33-25-27-35-43-60-57-61(59-66(58-60)49-50-67)44-36-28-26-34-38-52-71-63(69)46-48-65(74-55-41-31-23-19-15-11-7-3)75-56-42-32-24-20-16-12-8-4/h60-61,64-65,67H,5-59H2,1-4H3. The molecule has 0 radical (unpaired) electrons. The van der Waals surface area contributed by atoms with Crippen LogP contribution >= 0.6 is 0 Å². The largest absolute Gasteiger partial charge is 0.466 e. The third-order valence-corrected chi connectivity index (χ3v) is 15.5. The number of piperidine rings is 1. The van der Waals surface area contributed by atoms with E-state index in [9.17, 15) is 14.7 Å². The van der Waals surface area contributed by atoms with Crippen molar-refractivity contribution in [3.05, 3.63) is 0 Å². The van der Waals surface area contributed by atoms with Gasteiger partial charge in [0.05, 0.1) is 32.7 Å². The molecule has 0 aromatic rings. The van der Waals surface area contributed by atoms with E-state index in [1.165, 1.54) is 212 Å². The lowest BCUT2D eigenvalue weighted by molar-refractivity contribution is -0.159. The van der Waals surface area contributed by atoms with Gasteiger partial charge in [0.2, 0.25) is 0 Å². The fourth-order valence-electron chi connectivity index (χ4n) is 10.8. The predicted molar refractivity (Wildman–Crippen MR) is 314 cm³/mol.